The molecule has 1 atom stereocenters. The van der Waals surface area contributed by atoms with Crippen LogP contribution in [-0.2, 0) is 17.6 Å². The number of halogens is 1. The first-order chi connectivity index (χ1) is 12.6. The Morgan fingerprint density at radius 3 is 2.77 bits per heavy atom. The van der Waals surface area contributed by atoms with E-state index in [0.717, 1.165) is 12.1 Å². The third kappa shape index (κ3) is 3.10. The van der Waals surface area contributed by atoms with Gasteiger partial charge in [-0.2, -0.15) is 0 Å². The molecule has 5 nitrogen and oxygen atoms in total. The molecule has 1 unspecified atom stereocenters. The number of benzene rings is 2. The molecule has 3 aromatic rings. The normalized spacial score (nSPS) is 15.9. The molecule has 1 aliphatic heterocycles. The van der Waals surface area contributed by atoms with Crippen LogP contribution in [0.3, 0.4) is 0 Å². The number of rotatable bonds is 4. The van der Waals surface area contributed by atoms with Crippen LogP contribution in [-0.4, -0.2) is 22.1 Å². The highest BCUT2D eigenvalue weighted by atomic mass is 19.1. The summed E-state index contributed by atoms with van der Waals surface area (Å²) < 4.78 is 18.6. The van der Waals surface area contributed by atoms with Crippen LogP contribution < -0.4 is 4.90 Å². The third-order valence-electron chi connectivity index (χ3n) is 4.59. The van der Waals surface area contributed by atoms with Crippen molar-refractivity contribution in [3.05, 3.63) is 65.8 Å². The Bertz CT molecular complexity index is 936. The lowest BCUT2D eigenvalue weighted by atomic mass is 10.1. The summed E-state index contributed by atoms with van der Waals surface area (Å²) >= 11 is 0. The van der Waals surface area contributed by atoms with E-state index < -0.39 is 0 Å². The molecule has 0 spiro atoms. The fourth-order valence-electron chi connectivity index (χ4n) is 3.34. The molecule has 0 radical (unpaired) electrons. The topological polar surface area (TPSA) is 59.2 Å². The zero-order chi connectivity index (χ0) is 18.1. The lowest BCUT2D eigenvalue weighted by molar-refractivity contribution is -0.118. The summed E-state index contributed by atoms with van der Waals surface area (Å²) in [5, 5.41) is 7.97. The molecule has 2 aromatic carbocycles. The Labute approximate surface area is 150 Å². The molecule has 0 fully saturated rings. The van der Waals surface area contributed by atoms with E-state index in [1.807, 2.05) is 23.1 Å². The minimum absolute atomic E-state index is 0.0454. The maximum Gasteiger partial charge on any atom is 0.247 e. The van der Waals surface area contributed by atoms with Gasteiger partial charge in [0.15, 0.2) is 0 Å². The molecule has 132 valence electrons. The van der Waals surface area contributed by atoms with Gasteiger partial charge in [0.1, 0.15) is 5.82 Å². The summed E-state index contributed by atoms with van der Waals surface area (Å²) in [5.41, 5.74) is 2.84. The summed E-state index contributed by atoms with van der Waals surface area (Å²) in [5.74, 6) is 0.452. The lowest BCUT2D eigenvalue weighted by Crippen LogP contribution is -2.35. The molecule has 1 aromatic heterocycles. The molecule has 0 saturated heterocycles. The Hall–Kier alpha value is -3.02. The van der Waals surface area contributed by atoms with Crippen molar-refractivity contribution in [2.75, 3.05) is 4.90 Å². The molecular weight excluding hydrogens is 333 g/mol. The number of fused-ring (bicyclic) bond motifs is 1. The van der Waals surface area contributed by atoms with Gasteiger partial charge in [0.25, 0.3) is 0 Å². The molecule has 0 bridgehead atoms. The lowest BCUT2D eigenvalue weighted by Gasteiger charge is -2.22. The van der Waals surface area contributed by atoms with Crippen molar-refractivity contribution >= 4 is 11.6 Å². The molecule has 1 amide bonds. The first kappa shape index (κ1) is 16.4. The van der Waals surface area contributed by atoms with Gasteiger partial charge >= 0.3 is 0 Å². The number of aryl methyl sites for hydroxylation is 1. The van der Waals surface area contributed by atoms with Crippen molar-refractivity contribution in [1.82, 2.24) is 10.2 Å². The van der Waals surface area contributed by atoms with Crippen molar-refractivity contribution in [2.24, 2.45) is 0 Å². The molecule has 6 heteroatoms. The van der Waals surface area contributed by atoms with Crippen molar-refractivity contribution in [2.45, 2.75) is 32.2 Å². The van der Waals surface area contributed by atoms with Gasteiger partial charge in [-0.15, -0.1) is 10.2 Å². The predicted octanol–water partition coefficient (Wildman–Crippen LogP) is 3.79. The van der Waals surface area contributed by atoms with Crippen molar-refractivity contribution in [3.63, 3.8) is 0 Å². The van der Waals surface area contributed by atoms with Gasteiger partial charge in [-0.3, -0.25) is 4.79 Å². The summed E-state index contributed by atoms with van der Waals surface area (Å²) in [6, 6.07) is 14.0. The van der Waals surface area contributed by atoms with Gasteiger partial charge in [0.2, 0.25) is 17.7 Å². The SMILES string of the molecule is CC1Cc2ccccc2N1C(=O)CCc1nnc(-c2ccc(F)cc2)o1. The van der Waals surface area contributed by atoms with E-state index in [1.165, 1.54) is 17.7 Å². The minimum Gasteiger partial charge on any atom is -0.421 e. The molecule has 0 saturated carbocycles. The molecule has 0 aliphatic carbocycles. The number of amides is 1. The summed E-state index contributed by atoms with van der Waals surface area (Å²) in [6.45, 7) is 2.05. The number of hydrogen-bond donors (Lipinski definition) is 0. The summed E-state index contributed by atoms with van der Waals surface area (Å²) in [6.07, 6.45) is 1.54. The average molecular weight is 351 g/mol. The van der Waals surface area contributed by atoms with E-state index in [2.05, 4.69) is 23.2 Å². The Morgan fingerprint density at radius 2 is 1.96 bits per heavy atom. The van der Waals surface area contributed by atoms with Gasteiger partial charge in [-0.1, -0.05) is 18.2 Å². The van der Waals surface area contributed by atoms with Gasteiger partial charge < -0.3 is 9.32 Å². The first-order valence-corrected chi connectivity index (χ1v) is 8.60. The maximum atomic E-state index is 13.0. The monoisotopic (exact) mass is 351 g/mol. The predicted molar refractivity (Wildman–Crippen MR) is 95.1 cm³/mol. The summed E-state index contributed by atoms with van der Waals surface area (Å²) in [7, 11) is 0. The van der Waals surface area contributed by atoms with Gasteiger partial charge in [-0.05, 0) is 49.2 Å². The van der Waals surface area contributed by atoms with Crippen molar-refractivity contribution < 1.29 is 13.6 Å². The quantitative estimate of drug-likeness (QED) is 0.718. The van der Waals surface area contributed by atoms with Gasteiger partial charge in [0, 0.05) is 30.1 Å². The Kier molecular flexibility index (Phi) is 4.24. The van der Waals surface area contributed by atoms with E-state index in [9.17, 15) is 9.18 Å². The molecule has 26 heavy (non-hydrogen) atoms. The average Bonchev–Trinajstić information content (AvgIpc) is 3.24. The number of aromatic nitrogens is 2. The van der Waals surface area contributed by atoms with E-state index in [-0.39, 0.29) is 17.8 Å². The standard InChI is InChI=1S/C20H18FN3O2/c1-13-12-15-4-2-3-5-17(15)24(13)19(25)11-10-18-22-23-20(26-18)14-6-8-16(21)9-7-14/h2-9,13H,10-12H2,1H3. The fraction of sp³-hybridized carbons (Fsp3) is 0.250. The molecular formula is C20H18FN3O2. The van der Waals surface area contributed by atoms with E-state index in [1.54, 1.807) is 12.1 Å². The third-order valence-corrected chi connectivity index (χ3v) is 4.59. The first-order valence-electron chi connectivity index (χ1n) is 8.60. The fourth-order valence-corrected chi connectivity index (χ4v) is 3.34. The Morgan fingerprint density at radius 1 is 1.19 bits per heavy atom. The van der Waals surface area contributed by atoms with E-state index in [0.29, 0.717) is 30.2 Å². The second kappa shape index (κ2) is 6.71. The largest absolute Gasteiger partial charge is 0.421 e. The van der Waals surface area contributed by atoms with Crippen molar-refractivity contribution in [3.8, 4) is 11.5 Å². The number of hydrogen-bond acceptors (Lipinski definition) is 4. The second-order valence-electron chi connectivity index (χ2n) is 6.45. The highest BCUT2D eigenvalue weighted by Gasteiger charge is 2.30. The number of nitrogens with zero attached hydrogens (tertiary/aromatic N) is 3. The van der Waals surface area contributed by atoms with Crippen LogP contribution in [0.15, 0.2) is 52.9 Å². The number of carbonyl (C=O) groups excluding carboxylic acids is 1. The van der Waals surface area contributed by atoms with Crippen LogP contribution in [0.5, 0.6) is 0 Å². The van der Waals surface area contributed by atoms with E-state index in [4.69, 9.17) is 4.42 Å². The van der Waals surface area contributed by atoms with E-state index >= 15 is 0 Å². The number of anilines is 1. The smallest absolute Gasteiger partial charge is 0.247 e. The maximum absolute atomic E-state index is 13.0. The van der Waals surface area contributed by atoms with Crippen LogP contribution >= 0.6 is 0 Å². The zero-order valence-electron chi connectivity index (χ0n) is 14.4. The highest BCUT2D eigenvalue weighted by Crippen LogP contribution is 2.32. The number of para-hydroxylation sites is 1. The molecule has 2 heterocycles. The van der Waals surface area contributed by atoms with Crippen molar-refractivity contribution in [1.29, 1.82) is 0 Å². The Balaban J connectivity index is 1.43. The van der Waals surface area contributed by atoms with Crippen LogP contribution in [0.1, 0.15) is 24.8 Å². The van der Waals surface area contributed by atoms with Crippen LogP contribution in [0.25, 0.3) is 11.5 Å². The second-order valence-corrected chi connectivity index (χ2v) is 6.45. The highest BCUT2D eigenvalue weighted by molar-refractivity contribution is 5.96. The zero-order valence-corrected chi connectivity index (χ0v) is 14.4. The van der Waals surface area contributed by atoms with Crippen LogP contribution in [0.4, 0.5) is 10.1 Å². The van der Waals surface area contributed by atoms with Gasteiger partial charge in [-0.25, -0.2) is 4.39 Å². The summed E-state index contributed by atoms with van der Waals surface area (Å²) in [4.78, 5) is 14.6. The molecule has 0 N–H and O–H groups in total. The van der Waals surface area contributed by atoms with Crippen LogP contribution in [0.2, 0.25) is 0 Å². The molecule has 4 rings (SSSR count). The van der Waals surface area contributed by atoms with Crippen LogP contribution in [0, 0.1) is 5.82 Å². The van der Waals surface area contributed by atoms with Gasteiger partial charge in [0.05, 0.1) is 0 Å². The molecule has 1 aliphatic rings. The number of carbonyl (C=O) groups is 1. The minimum atomic E-state index is -0.320.